The normalized spacial score (nSPS) is 23.3. The molecule has 3 rings (SSSR count). The van der Waals surface area contributed by atoms with E-state index in [-0.39, 0.29) is 18.4 Å². The second kappa shape index (κ2) is 5.22. The number of hydrogen-bond donors (Lipinski definition) is 1. The Balaban J connectivity index is 1.81. The fourth-order valence-corrected chi connectivity index (χ4v) is 3.31. The van der Waals surface area contributed by atoms with Crippen molar-refractivity contribution in [2.75, 3.05) is 13.1 Å². The lowest BCUT2D eigenvalue weighted by Crippen LogP contribution is -2.53. The number of carbonyl (C=O) groups excluding carboxylic acids is 2. The van der Waals surface area contributed by atoms with Crippen molar-refractivity contribution in [1.29, 1.82) is 0 Å². The molecule has 0 bridgehead atoms. The Bertz CT molecular complexity index is 692. The van der Waals surface area contributed by atoms with Crippen LogP contribution in [0.1, 0.15) is 35.7 Å². The van der Waals surface area contributed by atoms with Crippen LogP contribution in [0.25, 0.3) is 5.70 Å². The van der Waals surface area contributed by atoms with Gasteiger partial charge in [0.2, 0.25) is 5.91 Å². The predicted octanol–water partition coefficient (Wildman–Crippen LogP) is 1.58. The molecular formula is C17H18N2O4. The number of carboxylic acid groups (broad SMARTS) is 1. The van der Waals surface area contributed by atoms with Gasteiger partial charge in [-0.1, -0.05) is 24.8 Å². The van der Waals surface area contributed by atoms with Crippen molar-refractivity contribution in [3.05, 3.63) is 42.0 Å². The minimum Gasteiger partial charge on any atom is -0.480 e. The van der Waals surface area contributed by atoms with E-state index in [1.807, 2.05) is 6.07 Å². The van der Waals surface area contributed by atoms with Gasteiger partial charge in [-0.15, -0.1) is 0 Å². The first-order valence-electron chi connectivity index (χ1n) is 7.50. The number of benzene rings is 1. The Morgan fingerprint density at radius 2 is 1.96 bits per heavy atom. The molecule has 1 unspecified atom stereocenters. The average Bonchev–Trinajstić information content (AvgIpc) is 3.03. The number of nitrogens with zero attached hydrogens (tertiary/aromatic N) is 2. The fraction of sp³-hybridized carbons (Fsp3) is 0.353. The molecule has 0 aromatic heterocycles. The second-order valence-electron chi connectivity index (χ2n) is 6.11. The van der Waals surface area contributed by atoms with E-state index < -0.39 is 11.5 Å². The Morgan fingerprint density at radius 1 is 1.30 bits per heavy atom. The molecule has 1 fully saturated rings. The van der Waals surface area contributed by atoms with E-state index in [0.29, 0.717) is 36.2 Å². The summed E-state index contributed by atoms with van der Waals surface area (Å²) in [5, 5.41) is 9.41. The number of rotatable bonds is 3. The maximum Gasteiger partial charge on any atom is 0.329 e. The molecule has 2 aliphatic heterocycles. The number of carbonyl (C=O) groups is 3. The van der Waals surface area contributed by atoms with Gasteiger partial charge in [-0.25, -0.2) is 4.79 Å². The van der Waals surface area contributed by atoms with Gasteiger partial charge in [-0.05, 0) is 25.8 Å². The highest BCUT2D eigenvalue weighted by molar-refractivity contribution is 6.10. The molecule has 1 aromatic carbocycles. The highest BCUT2D eigenvalue weighted by atomic mass is 16.4. The molecule has 6 nitrogen and oxygen atoms in total. The van der Waals surface area contributed by atoms with E-state index in [0.717, 1.165) is 0 Å². The van der Waals surface area contributed by atoms with Crippen LogP contribution < -0.4 is 0 Å². The lowest BCUT2D eigenvalue weighted by Gasteiger charge is -2.32. The first-order chi connectivity index (χ1) is 10.9. The van der Waals surface area contributed by atoms with Crippen LogP contribution in [0.4, 0.5) is 0 Å². The predicted molar refractivity (Wildman–Crippen MR) is 83.5 cm³/mol. The summed E-state index contributed by atoms with van der Waals surface area (Å²) in [4.78, 5) is 39.2. The van der Waals surface area contributed by atoms with E-state index in [4.69, 9.17) is 0 Å². The van der Waals surface area contributed by atoms with E-state index in [2.05, 4.69) is 6.58 Å². The molecule has 0 radical (unpaired) electrons. The van der Waals surface area contributed by atoms with Gasteiger partial charge < -0.3 is 10.0 Å². The zero-order valence-electron chi connectivity index (χ0n) is 12.9. The van der Waals surface area contributed by atoms with Gasteiger partial charge in [0.1, 0.15) is 12.1 Å². The third kappa shape index (κ3) is 2.21. The van der Waals surface area contributed by atoms with Crippen LogP contribution in [0.2, 0.25) is 0 Å². The van der Waals surface area contributed by atoms with Gasteiger partial charge in [0.05, 0.1) is 0 Å². The van der Waals surface area contributed by atoms with Crippen molar-refractivity contribution in [2.45, 2.75) is 25.3 Å². The van der Waals surface area contributed by atoms with Gasteiger partial charge in [-0.3, -0.25) is 14.5 Å². The third-order valence-electron chi connectivity index (χ3n) is 4.74. The minimum absolute atomic E-state index is 0.185. The van der Waals surface area contributed by atoms with Crippen molar-refractivity contribution in [1.82, 2.24) is 9.80 Å². The summed E-state index contributed by atoms with van der Waals surface area (Å²) in [5.74, 6) is -1.65. The lowest BCUT2D eigenvalue weighted by molar-refractivity contribution is -0.155. The third-order valence-corrected chi connectivity index (χ3v) is 4.74. The number of aliphatic carboxylic acids is 1. The average molecular weight is 314 g/mol. The molecule has 1 aromatic rings. The van der Waals surface area contributed by atoms with E-state index in [1.165, 1.54) is 9.80 Å². The maximum atomic E-state index is 12.6. The van der Waals surface area contributed by atoms with Crippen LogP contribution >= 0.6 is 0 Å². The van der Waals surface area contributed by atoms with E-state index >= 15 is 0 Å². The molecule has 1 N–H and O–H groups in total. The van der Waals surface area contributed by atoms with Crippen LogP contribution in [0.3, 0.4) is 0 Å². The van der Waals surface area contributed by atoms with Gasteiger partial charge in [0, 0.05) is 23.4 Å². The van der Waals surface area contributed by atoms with E-state index in [9.17, 15) is 19.5 Å². The SMILES string of the molecule is C=C1c2ccccc2C(=O)N1CC(=O)N1CCCC1(C)C(=O)O. The summed E-state index contributed by atoms with van der Waals surface area (Å²) in [6, 6.07) is 7.06. The number of likely N-dealkylation sites (tertiary alicyclic amines) is 1. The quantitative estimate of drug-likeness (QED) is 0.919. The summed E-state index contributed by atoms with van der Waals surface area (Å²) < 4.78 is 0. The highest BCUT2D eigenvalue weighted by Crippen LogP contribution is 2.33. The van der Waals surface area contributed by atoms with Crippen LogP contribution in [-0.4, -0.2) is 51.3 Å². The fourth-order valence-electron chi connectivity index (χ4n) is 3.31. The molecule has 2 heterocycles. The summed E-state index contributed by atoms with van der Waals surface area (Å²) >= 11 is 0. The molecular weight excluding hydrogens is 296 g/mol. The van der Waals surface area contributed by atoms with Crippen LogP contribution in [-0.2, 0) is 9.59 Å². The smallest absolute Gasteiger partial charge is 0.329 e. The molecule has 2 aliphatic rings. The number of hydrogen-bond acceptors (Lipinski definition) is 3. The molecule has 1 atom stereocenters. The van der Waals surface area contributed by atoms with Crippen LogP contribution in [0.15, 0.2) is 30.8 Å². The standard InChI is InChI=1S/C17H18N2O4/c1-11-12-6-3-4-7-13(12)15(21)18(11)10-14(20)19-9-5-8-17(19,2)16(22)23/h3-4,6-7H,1,5,8-10H2,2H3,(H,22,23). The summed E-state index contributed by atoms with van der Waals surface area (Å²) in [7, 11) is 0. The topological polar surface area (TPSA) is 77.9 Å². The Morgan fingerprint density at radius 3 is 2.57 bits per heavy atom. The van der Waals surface area contributed by atoms with Crippen molar-refractivity contribution < 1.29 is 19.5 Å². The van der Waals surface area contributed by atoms with E-state index in [1.54, 1.807) is 25.1 Å². The zero-order chi connectivity index (χ0) is 16.8. The largest absolute Gasteiger partial charge is 0.480 e. The summed E-state index contributed by atoms with van der Waals surface area (Å²) in [6.45, 7) is 5.65. The van der Waals surface area contributed by atoms with Gasteiger partial charge in [0.25, 0.3) is 5.91 Å². The first kappa shape index (κ1) is 15.3. The summed E-state index contributed by atoms with van der Waals surface area (Å²) in [5.41, 5.74) is 0.518. The Kier molecular flexibility index (Phi) is 3.47. The maximum absolute atomic E-state index is 12.6. The molecule has 120 valence electrons. The monoisotopic (exact) mass is 314 g/mol. The first-order valence-corrected chi connectivity index (χ1v) is 7.50. The van der Waals surface area contributed by atoms with Gasteiger partial charge in [0.15, 0.2) is 0 Å². The van der Waals surface area contributed by atoms with Gasteiger partial charge in [-0.2, -0.15) is 0 Å². The zero-order valence-corrected chi connectivity index (χ0v) is 12.9. The minimum atomic E-state index is -1.20. The van der Waals surface area contributed by atoms with Crippen molar-refractivity contribution >= 4 is 23.5 Å². The number of fused-ring (bicyclic) bond motifs is 1. The highest BCUT2D eigenvalue weighted by Gasteiger charge is 2.46. The number of amides is 2. The van der Waals surface area contributed by atoms with Crippen molar-refractivity contribution in [3.8, 4) is 0 Å². The van der Waals surface area contributed by atoms with Crippen LogP contribution in [0.5, 0.6) is 0 Å². The summed E-state index contributed by atoms with van der Waals surface area (Å²) in [6.07, 6.45) is 1.06. The molecule has 23 heavy (non-hydrogen) atoms. The molecule has 1 saturated heterocycles. The molecule has 0 saturated carbocycles. The van der Waals surface area contributed by atoms with Crippen molar-refractivity contribution in [3.63, 3.8) is 0 Å². The van der Waals surface area contributed by atoms with Crippen molar-refractivity contribution in [2.24, 2.45) is 0 Å². The molecule has 6 heteroatoms. The number of carboxylic acids is 1. The Hall–Kier alpha value is -2.63. The lowest BCUT2D eigenvalue weighted by atomic mass is 9.99. The molecule has 0 aliphatic carbocycles. The Labute approximate surface area is 134 Å². The molecule has 0 spiro atoms. The second-order valence-corrected chi connectivity index (χ2v) is 6.11. The van der Waals surface area contributed by atoms with Gasteiger partial charge >= 0.3 is 5.97 Å². The molecule has 2 amide bonds. The van der Waals surface area contributed by atoms with Crippen LogP contribution in [0, 0.1) is 0 Å².